The van der Waals surface area contributed by atoms with Gasteiger partial charge in [-0.2, -0.15) is 10.5 Å². The van der Waals surface area contributed by atoms with Crippen molar-refractivity contribution >= 4 is 11.8 Å². The molecule has 0 amide bonds. The Morgan fingerprint density at radius 1 is 1.15 bits per heavy atom. The zero-order chi connectivity index (χ0) is 14.7. The van der Waals surface area contributed by atoms with E-state index in [2.05, 4.69) is 4.98 Å². The highest BCUT2D eigenvalue weighted by Gasteiger charge is 2.23. The van der Waals surface area contributed by atoms with Gasteiger partial charge in [-0.05, 0) is 5.56 Å². The molecule has 6 heteroatoms. The first kappa shape index (κ1) is 13.1. The zero-order valence-corrected chi connectivity index (χ0v) is 10.2. The highest BCUT2D eigenvalue weighted by atomic mass is 16.4. The van der Waals surface area contributed by atoms with Crippen LogP contribution in [0.2, 0.25) is 0 Å². The molecule has 1 aromatic carbocycles. The molecule has 0 unspecified atom stereocenters. The van der Waals surface area contributed by atoms with Crippen LogP contribution in [0.1, 0.15) is 21.6 Å². The van der Waals surface area contributed by atoms with Crippen molar-refractivity contribution < 1.29 is 9.90 Å². The van der Waals surface area contributed by atoms with Gasteiger partial charge in [0, 0.05) is 5.56 Å². The van der Waals surface area contributed by atoms with Crippen molar-refractivity contribution in [1.82, 2.24) is 4.98 Å². The summed E-state index contributed by atoms with van der Waals surface area (Å²) in [5.74, 6) is -1.57. The Kier molecular flexibility index (Phi) is 3.32. The summed E-state index contributed by atoms with van der Waals surface area (Å²) in [5.41, 5.74) is 5.73. The number of nitrogens with two attached hydrogens (primary N) is 1. The summed E-state index contributed by atoms with van der Waals surface area (Å²) < 4.78 is 0. The topological polar surface area (TPSA) is 124 Å². The van der Waals surface area contributed by atoms with Crippen molar-refractivity contribution in [2.24, 2.45) is 0 Å². The van der Waals surface area contributed by atoms with Crippen molar-refractivity contribution in [2.75, 3.05) is 5.73 Å². The van der Waals surface area contributed by atoms with Gasteiger partial charge in [0.1, 0.15) is 23.5 Å². The summed E-state index contributed by atoms with van der Waals surface area (Å²) in [6.45, 7) is 0. The van der Waals surface area contributed by atoms with Crippen LogP contribution in [0.25, 0.3) is 11.1 Å². The quantitative estimate of drug-likeness (QED) is 0.851. The van der Waals surface area contributed by atoms with E-state index in [9.17, 15) is 15.3 Å². The average Bonchev–Trinajstić information content (AvgIpc) is 2.46. The molecule has 0 radical (unpaired) electrons. The van der Waals surface area contributed by atoms with Gasteiger partial charge in [0.2, 0.25) is 0 Å². The van der Waals surface area contributed by atoms with E-state index >= 15 is 0 Å². The molecule has 0 atom stereocenters. The molecule has 0 saturated heterocycles. The van der Waals surface area contributed by atoms with Gasteiger partial charge in [0.05, 0.1) is 5.56 Å². The van der Waals surface area contributed by atoms with Crippen LogP contribution in [0.5, 0.6) is 0 Å². The van der Waals surface area contributed by atoms with Crippen LogP contribution in [-0.2, 0) is 0 Å². The molecule has 0 aliphatic carbocycles. The monoisotopic (exact) mass is 264 g/mol. The van der Waals surface area contributed by atoms with Crippen LogP contribution in [0.3, 0.4) is 0 Å². The minimum atomic E-state index is -1.37. The minimum Gasteiger partial charge on any atom is -0.476 e. The standard InChI is InChI=1S/C14H8N4O2/c15-6-9-11(8-4-2-1-3-5-8)10(7-16)13(17)18-12(9)14(19)20/h1-5H,(H2,17,18)(H,19,20). The summed E-state index contributed by atoms with van der Waals surface area (Å²) in [6.07, 6.45) is 0. The normalized spacial score (nSPS) is 9.50. The third kappa shape index (κ3) is 2.02. The fraction of sp³-hybridized carbons (Fsp3) is 0. The third-order valence-electron chi connectivity index (χ3n) is 2.71. The van der Waals surface area contributed by atoms with E-state index in [4.69, 9.17) is 10.8 Å². The summed E-state index contributed by atoms with van der Waals surface area (Å²) in [5, 5.41) is 27.5. The molecule has 2 aromatic rings. The second-order valence-corrected chi connectivity index (χ2v) is 3.87. The molecule has 1 heterocycles. The van der Waals surface area contributed by atoms with Crippen LogP contribution in [0, 0.1) is 22.7 Å². The summed E-state index contributed by atoms with van der Waals surface area (Å²) in [4.78, 5) is 14.8. The Bertz CT molecular complexity index is 770. The molecule has 2 rings (SSSR count). The first-order valence-corrected chi connectivity index (χ1v) is 5.52. The van der Waals surface area contributed by atoms with Crippen LogP contribution in [-0.4, -0.2) is 16.1 Å². The highest BCUT2D eigenvalue weighted by Crippen LogP contribution is 2.31. The average molecular weight is 264 g/mol. The zero-order valence-electron chi connectivity index (χ0n) is 10.2. The van der Waals surface area contributed by atoms with Crippen LogP contribution >= 0.6 is 0 Å². The Hall–Kier alpha value is -3.38. The van der Waals surface area contributed by atoms with Gasteiger partial charge in [0.15, 0.2) is 5.69 Å². The number of hydrogen-bond donors (Lipinski definition) is 2. The molecule has 20 heavy (non-hydrogen) atoms. The van der Waals surface area contributed by atoms with Gasteiger partial charge >= 0.3 is 5.97 Å². The number of carboxylic acid groups (broad SMARTS) is 1. The predicted molar refractivity (Wildman–Crippen MR) is 70.5 cm³/mol. The highest BCUT2D eigenvalue weighted by molar-refractivity contribution is 5.94. The number of carboxylic acids is 1. The SMILES string of the molecule is N#Cc1c(N)nc(C(=O)O)c(C#N)c1-c1ccccc1. The molecule has 0 fully saturated rings. The van der Waals surface area contributed by atoms with Crippen molar-refractivity contribution in [1.29, 1.82) is 10.5 Å². The van der Waals surface area contributed by atoms with Gasteiger partial charge < -0.3 is 10.8 Å². The van der Waals surface area contributed by atoms with E-state index in [1.807, 2.05) is 6.07 Å². The number of nitrogens with zero attached hydrogens (tertiary/aromatic N) is 3. The maximum Gasteiger partial charge on any atom is 0.355 e. The number of nitrogen functional groups attached to an aromatic ring is 1. The lowest BCUT2D eigenvalue weighted by atomic mass is 9.94. The van der Waals surface area contributed by atoms with E-state index in [0.717, 1.165) is 0 Å². The molecule has 0 aliphatic heterocycles. The van der Waals surface area contributed by atoms with Crippen LogP contribution < -0.4 is 5.73 Å². The summed E-state index contributed by atoms with van der Waals surface area (Å²) >= 11 is 0. The number of carbonyl (C=O) groups is 1. The summed E-state index contributed by atoms with van der Waals surface area (Å²) in [7, 11) is 0. The van der Waals surface area contributed by atoms with Crippen LogP contribution in [0.15, 0.2) is 30.3 Å². The van der Waals surface area contributed by atoms with E-state index in [0.29, 0.717) is 5.56 Å². The second kappa shape index (κ2) is 5.09. The lowest BCUT2D eigenvalue weighted by molar-refractivity contribution is 0.0690. The number of pyridine rings is 1. The van der Waals surface area contributed by atoms with E-state index in [1.54, 1.807) is 36.4 Å². The molecule has 3 N–H and O–H groups in total. The number of aromatic carboxylic acids is 1. The van der Waals surface area contributed by atoms with Crippen LogP contribution in [0.4, 0.5) is 5.82 Å². The molecular weight excluding hydrogens is 256 g/mol. The number of benzene rings is 1. The number of aromatic nitrogens is 1. The number of anilines is 1. The van der Waals surface area contributed by atoms with Gasteiger partial charge in [-0.25, -0.2) is 9.78 Å². The van der Waals surface area contributed by atoms with Gasteiger partial charge in [0.25, 0.3) is 0 Å². The van der Waals surface area contributed by atoms with E-state index < -0.39 is 11.7 Å². The van der Waals surface area contributed by atoms with Crippen molar-refractivity contribution in [2.45, 2.75) is 0 Å². The molecule has 0 saturated carbocycles. The Balaban J connectivity index is 2.94. The van der Waals surface area contributed by atoms with E-state index in [-0.39, 0.29) is 22.5 Å². The number of nitriles is 2. The number of hydrogen-bond acceptors (Lipinski definition) is 5. The lowest BCUT2D eigenvalue weighted by Crippen LogP contribution is -2.10. The predicted octanol–water partition coefficient (Wildman–Crippen LogP) is 1.77. The molecule has 1 aromatic heterocycles. The van der Waals surface area contributed by atoms with Gasteiger partial charge in [-0.15, -0.1) is 0 Å². The molecule has 0 bridgehead atoms. The smallest absolute Gasteiger partial charge is 0.355 e. The molecule has 96 valence electrons. The molecule has 0 aliphatic rings. The van der Waals surface area contributed by atoms with Crippen molar-refractivity contribution in [3.63, 3.8) is 0 Å². The first-order chi connectivity index (χ1) is 9.60. The molecular formula is C14H8N4O2. The lowest BCUT2D eigenvalue weighted by Gasteiger charge is -2.10. The summed E-state index contributed by atoms with van der Waals surface area (Å²) in [6, 6.07) is 12.2. The second-order valence-electron chi connectivity index (χ2n) is 3.87. The van der Waals surface area contributed by atoms with Gasteiger partial charge in [-0.1, -0.05) is 30.3 Å². The largest absolute Gasteiger partial charge is 0.476 e. The Morgan fingerprint density at radius 2 is 1.75 bits per heavy atom. The fourth-order valence-corrected chi connectivity index (χ4v) is 1.87. The Morgan fingerprint density at radius 3 is 2.25 bits per heavy atom. The van der Waals surface area contributed by atoms with Gasteiger partial charge in [-0.3, -0.25) is 0 Å². The fourth-order valence-electron chi connectivity index (χ4n) is 1.87. The molecule has 0 spiro atoms. The maximum absolute atomic E-state index is 11.2. The van der Waals surface area contributed by atoms with Crippen molar-refractivity contribution in [3.8, 4) is 23.3 Å². The maximum atomic E-state index is 11.2. The number of rotatable bonds is 2. The molecule has 6 nitrogen and oxygen atoms in total. The van der Waals surface area contributed by atoms with Crippen molar-refractivity contribution in [3.05, 3.63) is 47.2 Å². The third-order valence-corrected chi connectivity index (χ3v) is 2.71. The van der Waals surface area contributed by atoms with E-state index in [1.165, 1.54) is 0 Å². The Labute approximate surface area is 114 Å². The minimum absolute atomic E-state index is 0.00208. The first-order valence-electron chi connectivity index (χ1n) is 5.52.